The second-order valence-electron chi connectivity index (χ2n) is 9.35. The summed E-state index contributed by atoms with van der Waals surface area (Å²) in [7, 11) is -0.673. The largest absolute Gasteiger partial charge is 0.444 e. The van der Waals surface area contributed by atoms with Gasteiger partial charge in [0.1, 0.15) is 5.60 Å². The van der Waals surface area contributed by atoms with Crippen LogP contribution in [0.25, 0.3) is 0 Å². The highest BCUT2D eigenvalue weighted by Crippen LogP contribution is 2.36. The number of rotatable bonds is 4. The molecule has 0 aromatic carbocycles. The normalized spacial score (nSPS) is 23.8. The van der Waals surface area contributed by atoms with Crippen molar-refractivity contribution in [2.75, 3.05) is 13.2 Å². The van der Waals surface area contributed by atoms with E-state index >= 15 is 0 Å². The van der Waals surface area contributed by atoms with Crippen LogP contribution >= 0.6 is 0 Å². The fraction of sp³-hybridized carbons (Fsp3) is 0.941. The third kappa shape index (κ3) is 6.43. The van der Waals surface area contributed by atoms with Gasteiger partial charge in [-0.3, -0.25) is 0 Å². The molecule has 5 nitrogen and oxygen atoms in total. The highest BCUT2D eigenvalue weighted by molar-refractivity contribution is 6.31. The van der Waals surface area contributed by atoms with Crippen LogP contribution in [0.3, 0.4) is 0 Å². The zero-order chi connectivity index (χ0) is 18.1. The molecule has 2 atom stereocenters. The van der Waals surface area contributed by atoms with E-state index in [0.29, 0.717) is 6.54 Å². The molecule has 0 radical (unpaired) electrons. The molecule has 6 heteroatoms. The van der Waals surface area contributed by atoms with Crippen LogP contribution in [0.2, 0.25) is 5.04 Å². The van der Waals surface area contributed by atoms with Crippen molar-refractivity contribution < 1.29 is 19.1 Å². The number of likely N-dealkylation sites (tertiary alicyclic amines) is 1. The molecule has 23 heavy (non-hydrogen) atoms. The summed E-state index contributed by atoms with van der Waals surface area (Å²) >= 11 is 0. The Kier molecular flexibility index (Phi) is 6.32. The summed E-state index contributed by atoms with van der Waals surface area (Å²) in [4.78, 5) is 14.0. The molecule has 136 valence electrons. The Morgan fingerprint density at radius 2 is 1.74 bits per heavy atom. The van der Waals surface area contributed by atoms with Crippen LogP contribution < -0.4 is 0 Å². The Morgan fingerprint density at radius 3 is 2.17 bits per heavy atom. The van der Waals surface area contributed by atoms with Crippen LogP contribution in [-0.4, -0.2) is 56.3 Å². The summed E-state index contributed by atoms with van der Waals surface area (Å²) in [5, 5.41) is 9.88. The SMILES string of the molecule is CC(C)(C)OC(=O)N1C[C@H](C(C)(C)O[SiH2]C(C)(C)C)C[C@H]1CO. The molecule has 0 aromatic heterocycles. The second kappa shape index (κ2) is 7.11. The molecular formula is C17H35NO4Si. The molecule has 0 spiro atoms. The summed E-state index contributed by atoms with van der Waals surface area (Å²) < 4.78 is 11.8. The molecule has 1 heterocycles. The molecule has 0 unspecified atom stereocenters. The Morgan fingerprint density at radius 1 is 1.17 bits per heavy atom. The van der Waals surface area contributed by atoms with Crippen LogP contribution in [0.4, 0.5) is 4.79 Å². The van der Waals surface area contributed by atoms with E-state index in [9.17, 15) is 9.90 Å². The fourth-order valence-electron chi connectivity index (χ4n) is 2.66. The van der Waals surface area contributed by atoms with Gasteiger partial charge in [-0.05, 0) is 46.1 Å². The predicted molar refractivity (Wildman–Crippen MR) is 95.3 cm³/mol. The van der Waals surface area contributed by atoms with E-state index in [1.54, 1.807) is 4.90 Å². The molecule has 1 fully saturated rings. The van der Waals surface area contributed by atoms with Gasteiger partial charge in [0.05, 0.1) is 18.2 Å². The second-order valence-corrected chi connectivity index (χ2v) is 12.1. The van der Waals surface area contributed by atoms with Gasteiger partial charge in [0.2, 0.25) is 0 Å². The summed E-state index contributed by atoms with van der Waals surface area (Å²) in [5.74, 6) is 0.210. The van der Waals surface area contributed by atoms with Crippen molar-refractivity contribution in [1.82, 2.24) is 4.90 Å². The molecule has 1 rings (SSSR count). The van der Waals surface area contributed by atoms with E-state index in [2.05, 4.69) is 34.6 Å². The lowest BCUT2D eigenvalue weighted by atomic mass is 9.89. The molecule has 0 saturated carbocycles. The quantitative estimate of drug-likeness (QED) is 0.796. The summed E-state index contributed by atoms with van der Waals surface area (Å²) in [5.41, 5.74) is -0.815. The Labute approximate surface area is 143 Å². The van der Waals surface area contributed by atoms with E-state index in [4.69, 9.17) is 9.16 Å². The van der Waals surface area contributed by atoms with Gasteiger partial charge in [0, 0.05) is 12.5 Å². The monoisotopic (exact) mass is 345 g/mol. The van der Waals surface area contributed by atoms with E-state index in [-0.39, 0.29) is 35.3 Å². The summed E-state index contributed by atoms with van der Waals surface area (Å²) in [6, 6.07) is -0.186. The minimum absolute atomic E-state index is 0.0392. The summed E-state index contributed by atoms with van der Waals surface area (Å²) in [6.45, 7) is 16.9. The molecule has 1 N–H and O–H groups in total. The number of amides is 1. The van der Waals surface area contributed by atoms with Gasteiger partial charge >= 0.3 is 6.09 Å². The molecule has 0 aromatic rings. The van der Waals surface area contributed by atoms with Gasteiger partial charge in [-0.15, -0.1) is 0 Å². The first-order chi connectivity index (χ1) is 10.2. The predicted octanol–water partition coefficient (Wildman–Crippen LogP) is 2.70. The van der Waals surface area contributed by atoms with Gasteiger partial charge in [0.25, 0.3) is 0 Å². The number of carbonyl (C=O) groups is 1. The van der Waals surface area contributed by atoms with Gasteiger partial charge in [-0.1, -0.05) is 20.8 Å². The number of aliphatic hydroxyl groups is 1. The third-order valence-corrected chi connectivity index (χ3v) is 5.87. The average Bonchev–Trinajstić information content (AvgIpc) is 2.78. The van der Waals surface area contributed by atoms with Crippen molar-refractivity contribution in [2.24, 2.45) is 5.92 Å². The van der Waals surface area contributed by atoms with Gasteiger partial charge in [0.15, 0.2) is 9.76 Å². The maximum absolute atomic E-state index is 12.4. The number of ether oxygens (including phenoxy) is 1. The minimum atomic E-state index is -0.673. The van der Waals surface area contributed by atoms with Crippen molar-refractivity contribution in [3.8, 4) is 0 Å². The molecule has 1 saturated heterocycles. The average molecular weight is 346 g/mol. The summed E-state index contributed by atoms with van der Waals surface area (Å²) in [6.07, 6.45) is 0.407. The smallest absolute Gasteiger partial charge is 0.410 e. The molecule has 1 amide bonds. The van der Waals surface area contributed by atoms with Crippen molar-refractivity contribution >= 4 is 15.9 Å². The zero-order valence-corrected chi connectivity index (χ0v) is 17.5. The van der Waals surface area contributed by atoms with Gasteiger partial charge < -0.3 is 19.2 Å². The minimum Gasteiger partial charge on any atom is -0.444 e. The maximum Gasteiger partial charge on any atom is 0.410 e. The topological polar surface area (TPSA) is 59.0 Å². The van der Waals surface area contributed by atoms with E-state index < -0.39 is 15.4 Å². The standard InChI is InChI=1S/C17H35NO4Si/c1-15(2,3)21-14(20)18-10-12(9-13(18)11-19)17(7,8)22-23-16(4,5)6/h12-13,19H,9-11,23H2,1-8H3/t12-,13+/m1/s1. The van der Waals surface area contributed by atoms with E-state index in [0.717, 1.165) is 6.42 Å². The van der Waals surface area contributed by atoms with Crippen molar-refractivity contribution in [1.29, 1.82) is 0 Å². The third-order valence-electron chi connectivity index (χ3n) is 4.11. The van der Waals surface area contributed by atoms with E-state index in [1.165, 1.54) is 0 Å². The van der Waals surface area contributed by atoms with Crippen molar-refractivity contribution in [3.05, 3.63) is 0 Å². The number of aliphatic hydroxyl groups excluding tert-OH is 1. The number of hydrogen-bond acceptors (Lipinski definition) is 4. The fourth-order valence-corrected chi connectivity index (χ4v) is 3.70. The molecule has 1 aliphatic heterocycles. The van der Waals surface area contributed by atoms with Crippen molar-refractivity contribution in [3.63, 3.8) is 0 Å². The number of carbonyl (C=O) groups excluding carboxylic acids is 1. The van der Waals surface area contributed by atoms with Crippen LogP contribution in [0, 0.1) is 5.92 Å². The molecule has 0 aliphatic carbocycles. The molecular weight excluding hydrogens is 310 g/mol. The lowest BCUT2D eigenvalue weighted by molar-refractivity contribution is 0.0138. The van der Waals surface area contributed by atoms with Gasteiger partial charge in [-0.25, -0.2) is 4.79 Å². The van der Waals surface area contributed by atoms with Crippen molar-refractivity contribution in [2.45, 2.75) is 84.1 Å². The first-order valence-corrected chi connectivity index (χ1v) is 9.78. The zero-order valence-electron chi connectivity index (χ0n) is 16.1. The molecule has 1 aliphatic rings. The van der Waals surface area contributed by atoms with Gasteiger partial charge in [-0.2, -0.15) is 0 Å². The van der Waals surface area contributed by atoms with Crippen LogP contribution in [-0.2, 0) is 9.16 Å². The molecule has 0 bridgehead atoms. The lowest BCUT2D eigenvalue weighted by Gasteiger charge is -2.35. The van der Waals surface area contributed by atoms with E-state index in [1.807, 2.05) is 20.8 Å². The van der Waals surface area contributed by atoms with Crippen LogP contribution in [0.1, 0.15) is 61.8 Å². The first kappa shape index (κ1) is 20.5. The number of hydrogen-bond donors (Lipinski definition) is 1. The first-order valence-electron chi connectivity index (χ1n) is 8.49. The van der Waals surface area contributed by atoms with Crippen LogP contribution in [0.5, 0.6) is 0 Å². The lowest BCUT2D eigenvalue weighted by Crippen LogP contribution is -2.43. The Balaban J connectivity index is 2.75. The Hall–Kier alpha value is -0.593. The Bertz CT molecular complexity index is 412. The highest BCUT2D eigenvalue weighted by atomic mass is 28.2. The van der Waals surface area contributed by atoms with Crippen LogP contribution in [0.15, 0.2) is 0 Å². The highest BCUT2D eigenvalue weighted by Gasteiger charge is 2.44. The number of nitrogens with zero attached hydrogens (tertiary/aromatic N) is 1. The maximum atomic E-state index is 12.4.